The molecule has 0 aliphatic heterocycles. The lowest BCUT2D eigenvalue weighted by molar-refractivity contribution is -0.140. The summed E-state index contributed by atoms with van der Waals surface area (Å²) in [6, 6.07) is 0. The Hall–Kier alpha value is -1.46. The van der Waals surface area contributed by atoms with Gasteiger partial charge in [-0.1, -0.05) is 62.8 Å². The third-order valence-electron chi connectivity index (χ3n) is 8.46. The van der Waals surface area contributed by atoms with Crippen LogP contribution < -0.4 is 0 Å². The Morgan fingerprint density at radius 1 is 1.15 bits per heavy atom. The number of carbonyl (C=O) groups excluding carboxylic acids is 2. The van der Waals surface area contributed by atoms with Gasteiger partial charge in [-0.05, 0) is 56.3 Å². The van der Waals surface area contributed by atoms with Crippen molar-refractivity contribution in [2.75, 3.05) is 7.11 Å². The van der Waals surface area contributed by atoms with Crippen LogP contribution in [-0.2, 0) is 14.3 Å². The number of aliphatic hydroxyl groups is 2. The number of carbonyl (C=O) groups is 2. The Morgan fingerprint density at radius 3 is 2.58 bits per heavy atom. The molecule has 3 saturated carbocycles. The van der Waals surface area contributed by atoms with Gasteiger partial charge in [0.05, 0.1) is 19.3 Å². The van der Waals surface area contributed by atoms with Crippen LogP contribution in [0.1, 0.15) is 96.3 Å². The molecule has 3 rings (SSSR count). The molecule has 33 heavy (non-hydrogen) atoms. The van der Waals surface area contributed by atoms with E-state index >= 15 is 0 Å². The molecular formula is C28H44O5. The van der Waals surface area contributed by atoms with E-state index in [1.807, 2.05) is 24.3 Å². The summed E-state index contributed by atoms with van der Waals surface area (Å²) in [5.74, 6) is 0.304. The summed E-state index contributed by atoms with van der Waals surface area (Å²) in [4.78, 5) is 23.6. The zero-order chi connectivity index (χ0) is 23.7. The molecule has 0 aromatic carbocycles. The van der Waals surface area contributed by atoms with E-state index < -0.39 is 6.10 Å². The minimum Gasteiger partial charge on any atom is -0.469 e. The van der Waals surface area contributed by atoms with E-state index in [-0.39, 0.29) is 41.5 Å². The summed E-state index contributed by atoms with van der Waals surface area (Å²) in [7, 11) is 1.39. The van der Waals surface area contributed by atoms with Gasteiger partial charge in [0, 0.05) is 24.7 Å². The molecule has 3 fully saturated rings. The average Bonchev–Trinajstić information content (AvgIpc) is 3.05. The molecule has 3 aliphatic carbocycles. The van der Waals surface area contributed by atoms with E-state index in [9.17, 15) is 19.8 Å². The largest absolute Gasteiger partial charge is 0.469 e. The van der Waals surface area contributed by atoms with Crippen LogP contribution >= 0.6 is 0 Å². The van der Waals surface area contributed by atoms with Crippen molar-refractivity contribution in [2.45, 2.75) is 109 Å². The van der Waals surface area contributed by atoms with Gasteiger partial charge in [0.1, 0.15) is 5.78 Å². The van der Waals surface area contributed by atoms with Crippen LogP contribution in [0.2, 0.25) is 0 Å². The maximum Gasteiger partial charge on any atom is 0.305 e. The first-order valence-corrected chi connectivity index (χ1v) is 13.2. The zero-order valence-corrected chi connectivity index (χ0v) is 20.4. The molecule has 2 N–H and O–H groups in total. The lowest BCUT2D eigenvalue weighted by atomic mass is 9.59. The van der Waals surface area contributed by atoms with Crippen molar-refractivity contribution in [3.05, 3.63) is 24.3 Å². The van der Waals surface area contributed by atoms with Gasteiger partial charge in [-0.15, -0.1) is 0 Å². The fourth-order valence-corrected chi connectivity index (χ4v) is 6.24. The second-order valence-electron chi connectivity index (χ2n) is 10.7. The van der Waals surface area contributed by atoms with Crippen LogP contribution in [0.3, 0.4) is 0 Å². The first kappa shape index (κ1) is 26.2. The number of ether oxygens (including phenoxy) is 1. The third-order valence-corrected chi connectivity index (χ3v) is 8.46. The standard InChI is InChI=1S/C28H44O5/c1-33-27(32)16-8-3-2-7-13-22-23(25(30)19-24(22)29)14-9-15-26(31)28(17-10-18-28)20-21-11-5-4-6-12-21/h2,7,9,14,21-23,25-26,30-31H,3-6,8,10-13,15-20H2,1H3/b7-2-,14-9+/t22-,23-,25-,26?/m1/s1. The molecule has 0 heterocycles. The van der Waals surface area contributed by atoms with E-state index in [0.717, 1.165) is 38.0 Å². The summed E-state index contributed by atoms with van der Waals surface area (Å²) < 4.78 is 4.64. The SMILES string of the molecule is COC(=O)CCC/C=C\C[C@H]1C(=O)C[C@@H](O)[C@@H]1/C=C/CC(O)C1(CC2CCCCC2)CCC1. The van der Waals surface area contributed by atoms with Crippen LogP contribution in [0.4, 0.5) is 0 Å². The van der Waals surface area contributed by atoms with Crippen molar-refractivity contribution in [3.8, 4) is 0 Å². The fourth-order valence-electron chi connectivity index (χ4n) is 6.24. The second-order valence-corrected chi connectivity index (χ2v) is 10.7. The van der Waals surface area contributed by atoms with Crippen molar-refractivity contribution in [1.29, 1.82) is 0 Å². The molecule has 0 aromatic heterocycles. The summed E-state index contributed by atoms with van der Waals surface area (Å²) >= 11 is 0. The van der Waals surface area contributed by atoms with E-state index in [4.69, 9.17) is 0 Å². The number of hydrogen-bond acceptors (Lipinski definition) is 5. The molecule has 0 radical (unpaired) electrons. The highest BCUT2D eigenvalue weighted by Gasteiger charge is 2.44. The van der Waals surface area contributed by atoms with Crippen molar-refractivity contribution >= 4 is 11.8 Å². The molecule has 1 unspecified atom stereocenters. The number of allylic oxidation sites excluding steroid dienone is 2. The van der Waals surface area contributed by atoms with Crippen molar-refractivity contribution in [2.24, 2.45) is 23.2 Å². The quantitative estimate of drug-likeness (QED) is 0.235. The van der Waals surface area contributed by atoms with Gasteiger partial charge in [-0.25, -0.2) is 0 Å². The monoisotopic (exact) mass is 460 g/mol. The highest BCUT2D eigenvalue weighted by Crippen LogP contribution is 2.51. The topological polar surface area (TPSA) is 83.8 Å². The van der Waals surface area contributed by atoms with Crippen molar-refractivity contribution in [3.63, 3.8) is 0 Å². The molecular weight excluding hydrogens is 416 g/mol. The Labute approximate surface area is 199 Å². The van der Waals surface area contributed by atoms with Gasteiger partial charge >= 0.3 is 5.97 Å². The number of rotatable bonds is 12. The number of aliphatic hydroxyl groups excluding tert-OH is 2. The maximum atomic E-state index is 12.4. The van der Waals surface area contributed by atoms with Crippen LogP contribution in [0.5, 0.6) is 0 Å². The first-order valence-electron chi connectivity index (χ1n) is 13.2. The summed E-state index contributed by atoms with van der Waals surface area (Å²) in [5, 5.41) is 21.5. The Morgan fingerprint density at radius 2 is 1.91 bits per heavy atom. The normalized spacial score (nSPS) is 28.9. The fraction of sp³-hybridized carbons (Fsp3) is 0.786. The highest BCUT2D eigenvalue weighted by molar-refractivity contribution is 5.84. The minimum atomic E-state index is -0.636. The van der Waals surface area contributed by atoms with Gasteiger partial charge in [0.15, 0.2) is 0 Å². The number of hydrogen-bond donors (Lipinski definition) is 2. The molecule has 0 bridgehead atoms. The second kappa shape index (κ2) is 12.9. The van der Waals surface area contributed by atoms with E-state index in [2.05, 4.69) is 4.74 Å². The Balaban J connectivity index is 1.48. The predicted molar refractivity (Wildman–Crippen MR) is 129 cm³/mol. The van der Waals surface area contributed by atoms with E-state index in [0.29, 0.717) is 19.3 Å². The molecule has 0 aromatic rings. The summed E-state index contributed by atoms with van der Waals surface area (Å²) in [5.41, 5.74) is 0.0861. The van der Waals surface area contributed by atoms with Crippen LogP contribution in [-0.4, -0.2) is 41.3 Å². The Kier molecular flexibility index (Phi) is 10.2. The van der Waals surface area contributed by atoms with Gasteiger partial charge in [-0.3, -0.25) is 9.59 Å². The lowest BCUT2D eigenvalue weighted by Crippen LogP contribution is -2.43. The smallest absolute Gasteiger partial charge is 0.305 e. The number of esters is 1. The van der Waals surface area contributed by atoms with Gasteiger partial charge < -0.3 is 14.9 Å². The molecule has 186 valence electrons. The van der Waals surface area contributed by atoms with Crippen molar-refractivity contribution < 1.29 is 24.5 Å². The van der Waals surface area contributed by atoms with Crippen LogP contribution in [0.15, 0.2) is 24.3 Å². The van der Waals surface area contributed by atoms with Crippen LogP contribution in [0, 0.1) is 23.2 Å². The average molecular weight is 461 g/mol. The van der Waals surface area contributed by atoms with Gasteiger partial charge in [0.25, 0.3) is 0 Å². The van der Waals surface area contributed by atoms with Crippen molar-refractivity contribution in [1.82, 2.24) is 0 Å². The zero-order valence-electron chi connectivity index (χ0n) is 20.4. The highest BCUT2D eigenvalue weighted by atomic mass is 16.5. The Bertz CT molecular complexity index is 686. The molecule has 5 nitrogen and oxygen atoms in total. The molecule has 0 saturated heterocycles. The maximum absolute atomic E-state index is 12.4. The van der Waals surface area contributed by atoms with Gasteiger partial charge in [0.2, 0.25) is 0 Å². The van der Waals surface area contributed by atoms with E-state index in [1.165, 1.54) is 45.6 Å². The molecule has 0 spiro atoms. The number of methoxy groups -OCH3 is 1. The molecule has 3 aliphatic rings. The minimum absolute atomic E-state index is 0.0861. The molecule has 0 amide bonds. The van der Waals surface area contributed by atoms with Gasteiger partial charge in [-0.2, -0.15) is 0 Å². The lowest BCUT2D eigenvalue weighted by Gasteiger charge is -2.48. The predicted octanol–water partition coefficient (Wildman–Crippen LogP) is 5.29. The number of unbranched alkanes of at least 4 members (excludes halogenated alkanes) is 1. The first-order chi connectivity index (χ1) is 15.9. The number of Topliss-reactive ketones (excluding diaryl/α,β-unsaturated/α-hetero) is 1. The summed E-state index contributed by atoms with van der Waals surface area (Å²) in [6.45, 7) is 0. The molecule has 4 atom stereocenters. The third kappa shape index (κ3) is 7.26. The van der Waals surface area contributed by atoms with Crippen LogP contribution in [0.25, 0.3) is 0 Å². The molecule has 5 heteroatoms. The van der Waals surface area contributed by atoms with E-state index in [1.54, 1.807) is 0 Å². The number of ketones is 1. The summed E-state index contributed by atoms with van der Waals surface area (Å²) in [6.07, 6.45) is 21.7.